The van der Waals surface area contributed by atoms with Gasteiger partial charge in [0.25, 0.3) is 0 Å². The van der Waals surface area contributed by atoms with E-state index < -0.39 is 0 Å². The van der Waals surface area contributed by atoms with E-state index in [1.165, 1.54) is 5.56 Å². The van der Waals surface area contributed by atoms with Crippen LogP contribution >= 0.6 is 0 Å². The highest BCUT2D eigenvalue weighted by Gasteiger charge is 2.33. The number of carbonyl (C=O) groups is 1. The first kappa shape index (κ1) is 21.6. The van der Waals surface area contributed by atoms with Gasteiger partial charge in [0.1, 0.15) is 0 Å². The number of benzene rings is 2. The molecule has 2 aromatic carbocycles. The van der Waals surface area contributed by atoms with E-state index in [0.29, 0.717) is 30.3 Å². The summed E-state index contributed by atoms with van der Waals surface area (Å²) in [7, 11) is 4.77. The minimum absolute atomic E-state index is 0.0906. The summed E-state index contributed by atoms with van der Waals surface area (Å²) in [5.74, 6) is 1.66. The molecule has 3 aromatic rings. The molecule has 1 aliphatic rings. The van der Waals surface area contributed by atoms with Crippen molar-refractivity contribution < 1.29 is 19.0 Å². The molecule has 0 radical (unpaired) electrons. The van der Waals surface area contributed by atoms with Gasteiger partial charge in [-0.25, -0.2) is 4.79 Å². The fourth-order valence-electron chi connectivity index (χ4n) is 4.27. The highest BCUT2D eigenvalue weighted by Crippen LogP contribution is 2.43. The Morgan fingerprint density at radius 3 is 2.34 bits per heavy atom. The van der Waals surface area contributed by atoms with Crippen molar-refractivity contribution in [2.24, 2.45) is 0 Å². The van der Waals surface area contributed by atoms with Crippen molar-refractivity contribution in [1.82, 2.24) is 14.8 Å². The molecule has 0 saturated carbocycles. The normalized spacial score (nSPS) is 15.1. The molecule has 0 spiro atoms. The maximum atomic E-state index is 13.3. The number of aromatic nitrogens is 1. The number of fused-ring (bicyclic) bond motifs is 1. The third kappa shape index (κ3) is 4.23. The van der Waals surface area contributed by atoms with E-state index in [0.717, 1.165) is 24.2 Å². The molecule has 2 heterocycles. The van der Waals surface area contributed by atoms with Crippen molar-refractivity contribution in [2.75, 3.05) is 34.4 Å². The topological polar surface area (TPSA) is 65.0 Å². The van der Waals surface area contributed by atoms with Gasteiger partial charge in [0.15, 0.2) is 11.5 Å². The second-order valence-electron chi connectivity index (χ2n) is 7.65. The number of nitrogens with zero attached hydrogens (tertiary/aromatic N) is 2. The summed E-state index contributed by atoms with van der Waals surface area (Å²) in [6, 6.07) is 17.7. The summed E-state index contributed by atoms with van der Waals surface area (Å²) in [6.07, 6.45) is 2.83. The monoisotopic (exact) mass is 435 g/mol. The number of rotatable bonds is 7. The first-order valence-corrected chi connectivity index (χ1v) is 10.7. The van der Waals surface area contributed by atoms with Crippen LogP contribution in [0.3, 0.4) is 0 Å². The van der Waals surface area contributed by atoms with Crippen LogP contribution < -0.4 is 19.5 Å². The van der Waals surface area contributed by atoms with Gasteiger partial charge in [0.05, 0.1) is 27.4 Å². The molecule has 4 rings (SSSR count). The van der Waals surface area contributed by atoms with Crippen molar-refractivity contribution in [3.8, 4) is 17.2 Å². The summed E-state index contributed by atoms with van der Waals surface area (Å²) >= 11 is 0. The van der Waals surface area contributed by atoms with Crippen LogP contribution in [0.5, 0.6) is 17.2 Å². The Labute approximate surface area is 188 Å². The van der Waals surface area contributed by atoms with Gasteiger partial charge in [-0.05, 0) is 41.8 Å². The van der Waals surface area contributed by atoms with Crippen molar-refractivity contribution in [2.45, 2.75) is 19.0 Å². The molecule has 0 saturated heterocycles. The van der Waals surface area contributed by atoms with Crippen LogP contribution in [0, 0.1) is 0 Å². The van der Waals surface area contributed by atoms with Crippen LogP contribution in [0.15, 0.2) is 60.8 Å². The number of ether oxygens (including phenoxy) is 3. The van der Waals surface area contributed by atoms with E-state index in [1.54, 1.807) is 21.3 Å². The van der Waals surface area contributed by atoms with Crippen LogP contribution in [0.4, 0.5) is 4.79 Å². The van der Waals surface area contributed by atoms with Gasteiger partial charge in [-0.15, -0.1) is 0 Å². The van der Waals surface area contributed by atoms with E-state index in [9.17, 15) is 4.79 Å². The first-order chi connectivity index (χ1) is 15.7. The lowest BCUT2D eigenvalue weighted by molar-refractivity contribution is 0.168. The molecule has 1 N–H and O–H groups in total. The average molecular weight is 436 g/mol. The summed E-state index contributed by atoms with van der Waals surface area (Å²) in [6.45, 7) is 1.91. The lowest BCUT2D eigenvalue weighted by Gasteiger charge is -2.37. The fraction of sp³-hybridized carbons (Fsp3) is 0.320. The minimum Gasteiger partial charge on any atom is -0.493 e. The number of amides is 2. The second kappa shape index (κ2) is 9.68. The number of nitrogens with one attached hydrogen (secondary N) is 1. The molecule has 7 heteroatoms. The van der Waals surface area contributed by atoms with Gasteiger partial charge in [-0.2, -0.15) is 0 Å². The Kier molecular flexibility index (Phi) is 6.54. The average Bonchev–Trinajstić information content (AvgIpc) is 3.32. The quantitative estimate of drug-likeness (QED) is 0.612. The predicted molar refractivity (Wildman–Crippen MR) is 123 cm³/mol. The lowest BCUT2D eigenvalue weighted by atomic mass is 9.99. The van der Waals surface area contributed by atoms with Gasteiger partial charge in [0.2, 0.25) is 5.75 Å². The van der Waals surface area contributed by atoms with Crippen molar-refractivity contribution in [3.05, 3.63) is 77.6 Å². The zero-order chi connectivity index (χ0) is 22.5. The van der Waals surface area contributed by atoms with Gasteiger partial charge < -0.3 is 29.0 Å². The van der Waals surface area contributed by atoms with Gasteiger partial charge in [-0.3, -0.25) is 0 Å². The van der Waals surface area contributed by atoms with Crippen LogP contribution in [-0.4, -0.2) is 49.9 Å². The molecule has 0 bridgehead atoms. The van der Waals surface area contributed by atoms with Crippen LogP contribution in [0.1, 0.15) is 22.9 Å². The number of urea groups is 1. The summed E-state index contributed by atoms with van der Waals surface area (Å²) in [4.78, 5) is 15.1. The molecule has 2 amide bonds. The maximum absolute atomic E-state index is 13.3. The molecule has 0 unspecified atom stereocenters. The molecule has 168 valence electrons. The standard InChI is InChI=1S/C25H29N3O4/c1-30-21-16-19(17-22(31-2)24(21)32-3)23-20-10-7-13-27(20)14-15-28(23)25(29)26-12-11-18-8-5-4-6-9-18/h4-10,13,16-17,23H,11-12,14-15H2,1-3H3,(H,26,29)/t23-/m1/s1. The lowest BCUT2D eigenvalue weighted by Crippen LogP contribution is -2.47. The Morgan fingerprint density at radius 1 is 0.969 bits per heavy atom. The third-order valence-corrected chi connectivity index (χ3v) is 5.83. The Balaban J connectivity index is 1.62. The molecule has 1 aromatic heterocycles. The number of hydrogen-bond acceptors (Lipinski definition) is 4. The van der Waals surface area contributed by atoms with E-state index >= 15 is 0 Å². The largest absolute Gasteiger partial charge is 0.493 e. The molecular formula is C25H29N3O4. The van der Waals surface area contributed by atoms with Crippen molar-refractivity contribution in [1.29, 1.82) is 0 Å². The Bertz CT molecular complexity index is 1040. The molecule has 0 fully saturated rings. The summed E-state index contributed by atoms with van der Waals surface area (Å²) in [5, 5.41) is 3.09. The SMILES string of the molecule is COc1cc([C@@H]2c3cccn3CCN2C(=O)NCCc2ccccc2)cc(OC)c1OC. The zero-order valence-corrected chi connectivity index (χ0v) is 18.7. The molecule has 32 heavy (non-hydrogen) atoms. The highest BCUT2D eigenvalue weighted by molar-refractivity contribution is 5.75. The smallest absolute Gasteiger partial charge is 0.318 e. The second-order valence-corrected chi connectivity index (χ2v) is 7.65. The van der Waals surface area contributed by atoms with Gasteiger partial charge >= 0.3 is 6.03 Å². The van der Waals surface area contributed by atoms with E-state index in [-0.39, 0.29) is 12.1 Å². The van der Waals surface area contributed by atoms with Crippen molar-refractivity contribution >= 4 is 6.03 Å². The first-order valence-electron chi connectivity index (χ1n) is 10.7. The Morgan fingerprint density at radius 2 is 1.69 bits per heavy atom. The van der Waals surface area contributed by atoms with E-state index in [2.05, 4.69) is 28.1 Å². The molecular weight excluding hydrogens is 406 g/mol. The number of carbonyl (C=O) groups excluding carboxylic acids is 1. The van der Waals surface area contributed by atoms with Gasteiger partial charge in [0, 0.05) is 31.5 Å². The maximum Gasteiger partial charge on any atom is 0.318 e. The summed E-state index contributed by atoms with van der Waals surface area (Å²) < 4.78 is 18.8. The van der Waals surface area contributed by atoms with Gasteiger partial charge in [-0.1, -0.05) is 30.3 Å². The predicted octanol–water partition coefficient (Wildman–Crippen LogP) is 3.87. The minimum atomic E-state index is -0.274. The van der Waals surface area contributed by atoms with Crippen LogP contribution in [0.25, 0.3) is 0 Å². The van der Waals surface area contributed by atoms with Crippen LogP contribution in [0.2, 0.25) is 0 Å². The number of hydrogen-bond donors (Lipinski definition) is 1. The molecule has 0 aliphatic carbocycles. The van der Waals surface area contributed by atoms with Crippen LogP contribution in [-0.2, 0) is 13.0 Å². The third-order valence-electron chi connectivity index (χ3n) is 5.83. The summed E-state index contributed by atoms with van der Waals surface area (Å²) in [5.41, 5.74) is 3.14. The molecule has 7 nitrogen and oxygen atoms in total. The zero-order valence-electron chi connectivity index (χ0n) is 18.7. The molecule has 1 aliphatic heterocycles. The van der Waals surface area contributed by atoms with Crippen molar-refractivity contribution in [3.63, 3.8) is 0 Å². The molecule has 1 atom stereocenters. The fourth-order valence-corrected chi connectivity index (χ4v) is 4.27. The van der Waals surface area contributed by atoms with E-state index in [4.69, 9.17) is 14.2 Å². The Hall–Kier alpha value is -3.61. The highest BCUT2D eigenvalue weighted by atomic mass is 16.5. The number of methoxy groups -OCH3 is 3. The van der Waals surface area contributed by atoms with E-state index in [1.807, 2.05) is 47.5 Å².